The summed E-state index contributed by atoms with van der Waals surface area (Å²) in [6.45, 7) is 6.24. The number of benzene rings is 2. The number of nitrogen functional groups attached to an aromatic ring is 1. The molecule has 0 amide bonds. The number of anilines is 1. The lowest BCUT2D eigenvalue weighted by Gasteiger charge is -2.17. The van der Waals surface area contributed by atoms with Crippen LogP contribution in [-0.4, -0.2) is 17.5 Å². The highest BCUT2D eigenvalue weighted by molar-refractivity contribution is 6.07. The van der Waals surface area contributed by atoms with E-state index in [1.165, 1.54) is 6.08 Å². The van der Waals surface area contributed by atoms with Crippen LogP contribution in [-0.2, 0) is 12.8 Å². The standard InChI is InChI=1S/C25H29NO3/c1-4-7-9-19-17-20(13-16-23(27)18-11-14-21(26)15-12-18)25(29-6-3)22(24(19)28)10-8-5-2/h4-5,7-8,11-17,28H,6,9-10,26H2,1-3H3/b7-4+,8-5+,16-13+. The van der Waals surface area contributed by atoms with Gasteiger partial charge in [-0.05, 0) is 81.7 Å². The summed E-state index contributed by atoms with van der Waals surface area (Å²) in [5.74, 6) is 0.728. The van der Waals surface area contributed by atoms with Crippen LogP contribution in [0.5, 0.6) is 11.5 Å². The first-order valence-electron chi connectivity index (χ1n) is 9.82. The molecular formula is C25H29NO3. The summed E-state index contributed by atoms with van der Waals surface area (Å²) < 4.78 is 5.87. The average molecular weight is 392 g/mol. The van der Waals surface area contributed by atoms with Crippen LogP contribution >= 0.6 is 0 Å². The number of carbonyl (C=O) groups excluding carboxylic acids is 1. The zero-order valence-electron chi connectivity index (χ0n) is 17.3. The molecule has 0 fully saturated rings. The maximum Gasteiger partial charge on any atom is 0.185 e. The maximum atomic E-state index is 12.5. The summed E-state index contributed by atoms with van der Waals surface area (Å²) in [6.07, 6.45) is 12.3. The molecule has 0 radical (unpaired) electrons. The van der Waals surface area contributed by atoms with Gasteiger partial charge in [0.05, 0.1) is 6.61 Å². The molecule has 0 aromatic heterocycles. The van der Waals surface area contributed by atoms with Gasteiger partial charge in [-0.3, -0.25) is 4.79 Å². The first kappa shape index (κ1) is 22.0. The summed E-state index contributed by atoms with van der Waals surface area (Å²) in [5.41, 5.74) is 9.17. The van der Waals surface area contributed by atoms with E-state index in [0.29, 0.717) is 36.4 Å². The van der Waals surface area contributed by atoms with Crippen LogP contribution in [0.15, 0.2) is 60.7 Å². The normalized spacial score (nSPS) is 11.7. The highest BCUT2D eigenvalue weighted by atomic mass is 16.5. The molecule has 2 aromatic carbocycles. The number of allylic oxidation sites excluding steroid dienone is 5. The number of nitrogens with two attached hydrogens (primary N) is 1. The molecule has 4 heteroatoms. The van der Waals surface area contributed by atoms with Gasteiger partial charge in [0.25, 0.3) is 0 Å². The van der Waals surface area contributed by atoms with Crippen molar-refractivity contribution in [1.82, 2.24) is 0 Å². The molecule has 2 aromatic rings. The second kappa shape index (κ2) is 10.9. The third-order valence-electron chi connectivity index (χ3n) is 4.49. The predicted molar refractivity (Wildman–Crippen MR) is 121 cm³/mol. The van der Waals surface area contributed by atoms with E-state index < -0.39 is 0 Å². The van der Waals surface area contributed by atoms with Crippen molar-refractivity contribution in [2.45, 2.75) is 33.6 Å². The van der Waals surface area contributed by atoms with Crippen LogP contribution in [0.3, 0.4) is 0 Å². The molecule has 0 saturated carbocycles. The van der Waals surface area contributed by atoms with Gasteiger partial charge < -0.3 is 15.6 Å². The molecule has 0 atom stereocenters. The van der Waals surface area contributed by atoms with Gasteiger partial charge in [0.1, 0.15) is 11.5 Å². The van der Waals surface area contributed by atoms with E-state index in [1.54, 1.807) is 30.3 Å². The van der Waals surface area contributed by atoms with E-state index >= 15 is 0 Å². The Morgan fingerprint density at radius 3 is 2.38 bits per heavy atom. The van der Waals surface area contributed by atoms with Gasteiger partial charge in [0, 0.05) is 22.4 Å². The molecular weight excluding hydrogens is 362 g/mol. The van der Waals surface area contributed by atoms with Gasteiger partial charge in [0.2, 0.25) is 0 Å². The summed E-state index contributed by atoms with van der Waals surface area (Å²) in [5, 5.41) is 10.8. The van der Waals surface area contributed by atoms with E-state index in [2.05, 4.69) is 0 Å². The molecule has 0 spiro atoms. The number of rotatable bonds is 9. The van der Waals surface area contributed by atoms with Crippen molar-refractivity contribution < 1.29 is 14.6 Å². The van der Waals surface area contributed by atoms with Gasteiger partial charge in [0.15, 0.2) is 5.78 Å². The molecule has 0 aliphatic carbocycles. The SMILES string of the molecule is C/C=C/Cc1cc(/C=C/C(=O)c2ccc(N)cc2)c(OCC)c(C/C=C/C)c1O. The van der Waals surface area contributed by atoms with E-state index in [9.17, 15) is 9.90 Å². The smallest absolute Gasteiger partial charge is 0.185 e. The summed E-state index contributed by atoms with van der Waals surface area (Å²) in [6, 6.07) is 8.70. The van der Waals surface area contributed by atoms with Crippen LogP contribution in [0, 0.1) is 0 Å². The van der Waals surface area contributed by atoms with E-state index in [0.717, 1.165) is 16.7 Å². The lowest BCUT2D eigenvalue weighted by Crippen LogP contribution is -2.02. The number of hydrogen-bond donors (Lipinski definition) is 2. The number of hydrogen-bond acceptors (Lipinski definition) is 4. The minimum Gasteiger partial charge on any atom is -0.507 e. The van der Waals surface area contributed by atoms with Crippen molar-refractivity contribution in [1.29, 1.82) is 0 Å². The van der Waals surface area contributed by atoms with Gasteiger partial charge in [-0.25, -0.2) is 0 Å². The molecule has 0 aliphatic rings. The predicted octanol–water partition coefficient (Wildman–Crippen LogP) is 5.51. The van der Waals surface area contributed by atoms with Crippen LogP contribution in [0.1, 0.15) is 47.8 Å². The fourth-order valence-electron chi connectivity index (χ4n) is 2.97. The number of aromatic hydroxyl groups is 1. The Bertz CT molecular complexity index is 922. The van der Waals surface area contributed by atoms with Gasteiger partial charge in [-0.15, -0.1) is 0 Å². The van der Waals surface area contributed by atoms with Crippen molar-refractivity contribution in [3.05, 3.63) is 83.0 Å². The number of ether oxygens (including phenoxy) is 1. The molecule has 0 unspecified atom stereocenters. The Morgan fingerprint density at radius 1 is 1.10 bits per heavy atom. The molecule has 29 heavy (non-hydrogen) atoms. The van der Waals surface area contributed by atoms with E-state index in [1.807, 2.05) is 51.1 Å². The minimum absolute atomic E-state index is 0.120. The Morgan fingerprint density at radius 2 is 1.76 bits per heavy atom. The Kier molecular flexibility index (Phi) is 8.28. The van der Waals surface area contributed by atoms with Gasteiger partial charge in [-0.2, -0.15) is 0 Å². The number of carbonyl (C=O) groups is 1. The van der Waals surface area contributed by atoms with Crippen LogP contribution < -0.4 is 10.5 Å². The van der Waals surface area contributed by atoms with Crippen molar-refractivity contribution in [3.63, 3.8) is 0 Å². The fourth-order valence-corrected chi connectivity index (χ4v) is 2.97. The van der Waals surface area contributed by atoms with Gasteiger partial charge >= 0.3 is 0 Å². The lowest BCUT2D eigenvalue weighted by atomic mass is 9.97. The molecule has 0 aliphatic heterocycles. The third kappa shape index (κ3) is 5.85. The number of ketones is 1. The molecule has 152 valence electrons. The topological polar surface area (TPSA) is 72.6 Å². The quantitative estimate of drug-likeness (QED) is 0.256. The number of phenolic OH excluding ortho intramolecular Hbond substituents is 1. The van der Waals surface area contributed by atoms with Crippen molar-refractivity contribution >= 4 is 17.5 Å². The van der Waals surface area contributed by atoms with E-state index in [-0.39, 0.29) is 11.5 Å². The first-order valence-corrected chi connectivity index (χ1v) is 9.82. The summed E-state index contributed by atoms with van der Waals surface area (Å²) in [4.78, 5) is 12.5. The monoisotopic (exact) mass is 391 g/mol. The zero-order chi connectivity index (χ0) is 21.2. The van der Waals surface area contributed by atoms with Gasteiger partial charge in [-0.1, -0.05) is 24.3 Å². The van der Waals surface area contributed by atoms with Crippen LogP contribution in [0.4, 0.5) is 5.69 Å². The first-order chi connectivity index (χ1) is 14.0. The van der Waals surface area contributed by atoms with Crippen molar-refractivity contribution in [2.75, 3.05) is 12.3 Å². The molecule has 0 heterocycles. The molecule has 3 N–H and O–H groups in total. The molecule has 0 saturated heterocycles. The Balaban J connectivity index is 2.51. The Labute approximate surface area is 173 Å². The molecule has 0 bridgehead atoms. The van der Waals surface area contributed by atoms with Crippen LogP contribution in [0.2, 0.25) is 0 Å². The molecule has 4 nitrogen and oxygen atoms in total. The van der Waals surface area contributed by atoms with Crippen molar-refractivity contribution in [3.8, 4) is 11.5 Å². The highest BCUT2D eigenvalue weighted by Crippen LogP contribution is 2.37. The molecule has 2 rings (SSSR count). The largest absolute Gasteiger partial charge is 0.507 e. The highest BCUT2D eigenvalue weighted by Gasteiger charge is 2.17. The maximum absolute atomic E-state index is 12.5. The van der Waals surface area contributed by atoms with E-state index in [4.69, 9.17) is 10.5 Å². The summed E-state index contributed by atoms with van der Waals surface area (Å²) >= 11 is 0. The fraction of sp³-hybridized carbons (Fsp3) is 0.240. The van der Waals surface area contributed by atoms with Crippen LogP contribution in [0.25, 0.3) is 6.08 Å². The summed E-state index contributed by atoms with van der Waals surface area (Å²) in [7, 11) is 0. The third-order valence-corrected chi connectivity index (χ3v) is 4.49. The lowest BCUT2D eigenvalue weighted by molar-refractivity contribution is 0.104. The van der Waals surface area contributed by atoms with Crippen molar-refractivity contribution in [2.24, 2.45) is 0 Å². The second-order valence-corrected chi connectivity index (χ2v) is 6.58. The average Bonchev–Trinajstić information content (AvgIpc) is 2.72. The second-order valence-electron chi connectivity index (χ2n) is 6.58. The minimum atomic E-state index is -0.120. The Hall–Kier alpha value is -3.27. The zero-order valence-corrected chi connectivity index (χ0v) is 17.3. The number of phenols is 1.